The third kappa shape index (κ3) is 2.31. The van der Waals surface area contributed by atoms with Gasteiger partial charge in [-0.1, -0.05) is 5.16 Å². The van der Waals surface area contributed by atoms with Crippen LogP contribution >= 0.6 is 0 Å². The fraction of sp³-hybridized carbons (Fsp3) is 0.462. The Bertz CT molecular complexity index is 639. The van der Waals surface area contributed by atoms with E-state index in [2.05, 4.69) is 39.0 Å². The summed E-state index contributed by atoms with van der Waals surface area (Å²) < 4.78 is 5.31. The van der Waals surface area contributed by atoms with Crippen LogP contribution in [0.4, 0.5) is 0 Å². The van der Waals surface area contributed by atoms with Crippen molar-refractivity contribution in [1.82, 2.24) is 24.9 Å². The number of nitrogens with one attached hydrogen (secondary N) is 1. The highest BCUT2D eigenvalue weighted by Gasteiger charge is 2.28. The summed E-state index contributed by atoms with van der Waals surface area (Å²) in [5.74, 6) is 1.13. The highest BCUT2D eigenvalue weighted by atomic mass is 16.5. The van der Waals surface area contributed by atoms with Crippen molar-refractivity contribution < 1.29 is 4.52 Å². The summed E-state index contributed by atoms with van der Waals surface area (Å²) in [5, 5.41) is 12.9. The van der Waals surface area contributed by atoms with Crippen LogP contribution in [0.2, 0.25) is 0 Å². The molecule has 0 radical (unpaired) electrons. The van der Waals surface area contributed by atoms with Crippen molar-refractivity contribution in [3.8, 4) is 17.5 Å². The maximum absolute atomic E-state index is 8.81. The lowest BCUT2D eigenvalue weighted by atomic mass is 10.2. The Balaban J connectivity index is 1.84. The predicted octanol–water partition coefficient (Wildman–Crippen LogP) is 0.855. The van der Waals surface area contributed by atoms with Gasteiger partial charge in [-0.25, -0.2) is 0 Å². The summed E-state index contributed by atoms with van der Waals surface area (Å²) in [6, 6.07) is 3.88. The van der Waals surface area contributed by atoms with Crippen LogP contribution in [-0.4, -0.2) is 58.7 Å². The number of hydrogen-bond donors (Lipinski definition) is 1. The minimum atomic E-state index is 0.139. The first-order valence-corrected chi connectivity index (χ1v) is 6.48. The maximum atomic E-state index is 8.81. The molecule has 1 aliphatic heterocycles. The van der Waals surface area contributed by atoms with Crippen LogP contribution in [0.5, 0.6) is 0 Å². The topological polar surface area (TPSA) is 85.0 Å². The predicted molar refractivity (Wildman–Crippen MR) is 71.7 cm³/mol. The molecule has 1 atom stereocenters. The molecule has 1 aliphatic rings. The van der Waals surface area contributed by atoms with Crippen LogP contribution < -0.4 is 0 Å². The third-order valence-electron chi connectivity index (χ3n) is 3.64. The monoisotopic (exact) mass is 272 g/mol. The molecule has 0 aromatic carbocycles. The zero-order chi connectivity index (χ0) is 14.1. The number of hydrogen-bond acceptors (Lipinski definition) is 6. The van der Waals surface area contributed by atoms with E-state index >= 15 is 0 Å². The molecule has 0 saturated carbocycles. The molecular weight excluding hydrogens is 256 g/mol. The van der Waals surface area contributed by atoms with Gasteiger partial charge in [0.2, 0.25) is 0 Å². The highest BCUT2D eigenvalue weighted by molar-refractivity contribution is 5.54. The smallest absolute Gasteiger partial charge is 0.259 e. The van der Waals surface area contributed by atoms with E-state index in [0.717, 1.165) is 25.2 Å². The summed E-state index contributed by atoms with van der Waals surface area (Å²) in [5.41, 5.74) is 1.22. The van der Waals surface area contributed by atoms with Crippen LogP contribution in [0.1, 0.15) is 17.6 Å². The molecule has 20 heavy (non-hydrogen) atoms. The summed E-state index contributed by atoms with van der Waals surface area (Å²) in [7, 11) is 4.16. The van der Waals surface area contributed by atoms with E-state index in [1.165, 1.54) is 0 Å². The van der Waals surface area contributed by atoms with Crippen molar-refractivity contribution in [3.05, 3.63) is 23.8 Å². The van der Waals surface area contributed by atoms with Crippen LogP contribution in [-0.2, 0) is 0 Å². The molecule has 104 valence electrons. The number of likely N-dealkylation sites (N-methyl/N-ethyl adjacent to an activating group) is 2. The van der Waals surface area contributed by atoms with Gasteiger partial charge in [0.25, 0.3) is 5.89 Å². The normalized spacial score (nSPS) is 20.9. The molecule has 7 heteroatoms. The van der Waals surface area contributed by atoms with Gasteiger partial charge in [0.15, 0.2) is 5.82 Å². The van der Waals surface area contributed by atoms with Crippen LogP contribution in [0.15, 0.2) is 16.8 Å². The molecule has 1 unspecified atom stereocenters. The minimum Gasteiger partial charge on any atom is -0.352 e. The molecule has 1 saturated heterocycles. The summed E-state index contributed by atoms with van der Waals surface area (Å²) >= 11 is 0. The second-order valence-corrected chi connectivity index (χ2v) is 5.13. The van der Waals surface area contributed by atoms with Gasteiger partial charge in [-0.05, 0) is 20.2 Å². The summed E-state index contributed by atoms with van der Waals surface area (Å²) in [6.45, 7) is 2.90. The molecule has 0 bridgehead atoms. The molecule has 1 fully saturated rings. The Morgan fingerprint density at radius 1 is 1.45 bits per heavy atom. The van der Waals surface area contributed by atoms with Crippen LogP contribution in [0, 0.1) is 11.3 Å². The SMILES string of the molecule is CN1CCN(C)C(c2noc(-c3c[nH]c(C#N)c3)n2)C1. The van der Waals surface area contributed by atoms with Crippen molar-refractivity contribution in [2.24, 2.45) is 0 Å². The zero-order valence-electron chi connectivity index (χ0n) is 11.5. The van der Waals surface area contributed by atoms with Crippen molar-refractivity contribution in [2.45, 2.75) is 6.04 Å². The van der Waals surface area contributed by atoms with Crippen molar-refractivity contribution in [3.63, 3.8) is 0 Å². The van der Waals surface area contributed by atoms with E-state index in [0.29, 0.717) is 17.4 Å². The van der Waals surface area contributed by atoms with E-state index in [9.17, 15) is 0 Å². The average molecular weight is 272 g/mol. The molecule has 2 aromatic heterocycles. The number of nitriles is 1. The Morgan fingerprint density at radius 3 is 3.05 bits per heavy atom. The number of aromatic amines is 1. The van der Waals surface area contributed by atoms with Gasteiger partial charge in [0, 0.05) is 25.8 Å². The Hall–Kier alpha value is -2.17. The molecule has 3 rings (SSSR count). The minimum absolute atomic E-state index is 0.139. The quantitative estimate of drug-likeness (QED) is 0.872. The van der Waals surface area contributed by atoms with E-state index in [1.54, 1.807) is 12.3 Å². The standard InChI is InChI=1S/C13H16N6O/c1-18-3-4-19(2)11(8-18)12-16-13(20-17-12)9-5-10(6-14)15-7-9/h5,7,11,15H,3-4,8H2,1-2H3. The van der Waals surface area contributed by atoms with Crippen molar-refractivity contribution in [2.75, 3.05) is 33.7 Å². The Morgan fingerprint density at radius 2 is 2.30 bits per heavy atom. The third-order valence-corrected chi connectivity index (χ3v) is 3.64. The first-order valence-electron chi connectivity index (χ1n) is 6.48. The molecule has 0 spiro atoms. The van der Waals surface area contributed by atoms with Gasteiger partial charge in [-0.2, -0.15) is 10.2 Å². The van der Waals surface area contributed by atoms with Crippen molar-refractivity contribution >= 4 is 0 Å². The summed E-state index contributed by atoms with van der Waals surface area (Å²) in [6.07, 6.45) is 1.70. The number of piperazine rings is 1. The van der Waals surface area contributed by atoms with Gasteiger partial charge in [0.1, 0.15) is 11.8 Å². The van der Waals surface area contributed by atoms with E-state index in [1.807, 2.05) is 6.07 Å². The molecule has 0 amide bonds. The Kier molecular flexibility index (Phi) is 3.26. The average Bonchev–Trinajstić information content (AvgIpc) is 3.09. The maximum Gasteiger partial charge on any atom is 0.259 e. The van der Waals surface area contributed by atoms with Crippen LogP contribution in [0.25, 0.3) is 11.5 Å². The molecule has 0 aliphatic carbocycles. The van der Waals surface area contributed by atoms with E-state index in [4.69, 9.17) is 9.78 Å². The van der Waals surface area contributed by atoms with Gasteiger partial charge in [0.05, 0.1) is 11.6 Å². The second kappa shape index (κ2) is 5.07. The fourth-order valence-electron chi connectivity index (χ4n) is 2.36. The van der Waals surface area contributed by atoms with Crippen LogP contribution in [0.3, 0.4) is 0 Å². The zero-order valence-corrected chi connectivity index (χ0v) is 11.5. The number of rotatable bonds is 2. The number of H-pyrrole nitrogens is 1. The lowest BCUT2D eigenvalue weighted by Gasteiger charge is -2.35. The molecule has 1 N–H and O–H groups in total. The second-order valence-electron chi connectivity index (χ2n) is 5.13. The molecular formula is C13H16N6O. The lowest BCUT2D eigenvalue weighted by Crippen LogP contribution is -2.45. The Labute approximate surface area is 116 Å². The lowest BCUT2D eigenvalue weighted by molar-refractivity contribution is 0.108. The number of aromatic nitrogens is 3. The molecule has 7 nitrogen and oxygen atoms in total. The van der Waals surface area contributed by atoms with Gasteiger partial charge in [-0.15, -0.1) is 0 Å². The van der Waals surface area contributed by atoms with Gasteiger partial charge >= 0.3 is 0 Å². The fourth-order valence-corrected chi connectivity index (χ4v) is 2.36. The summed E-state index contributed by atoms with van der Waals surface area (Å²) in [4.78, 5) is 11.8. The van der Waals surface area contributed by atoms with Gasteiger partial charge < -0.3 is 14.4 Å². The molecule has 3 heterocycles. The van der Waals surface area contributed by atoms with E-state index < -0.39 is 0 Å². The highest BCUT2D eigenvalue weighted by Crippen LogP contribution is 2.24. The first-order chi connectivity index (χ1) is 9.67. The molecule has 2 aromatic rings. The van der Waals surface area contributed by atoms with Gasteiger partial charge in [-0.3, -0.25) is 4.90 Å². The van der Waals surface area contributed by atoms with E-state index in [-0.39, 0.29) is 6.04 Å². The number of nitrogens with zero attached hydrogens (tertiary/aromatic N) is 5. The first kappa shape index (κ1) is 12.8. The van der Waals surface area contributed by atoms with Crippen molar-refractivity contribution in [1.29, 1.82) is 5.26 Å². The largest absolute Gasteiger partial charge is 0.352 e.